The van der Waals surface area contributed by atoms with Gasteiger partial charge in [0.1, 0.15) is 5.82 Å². The zero-order valence-corrected chi connectivity index (χ0v) is 13.1. The van der Waals surface area contributed by atoms with Gasteiger partial charge in [-0.3, -0.25) is 4.79 Å². The molecule has 6 heteroatoms. The third kappa shape index (κ3) is 4.86. The van der Waals surface area contributed by atoms with Gasteiger partial charge in [0.15, 0.2) is 0 Å². The number of aromatic nitrogens is 1. The summed E-state index contributed by atoms with van der Waals surface area (Å²) >= 11 is 5.79. The topological polar surface area (TPSA) is 65.5 Å². The van der Waals surface area contributed by atoms with Crippen molar-refractivity contribution >= 4 is 23.3 Å². The van der Waals surface area contributed by atoms with Crippen LogP contribution in [0.4, 0.5) is 5.82 Å². The summed E-state index contributed by atoms with van der Waals surface area (Å²) in [4.78, 5) is 17.9. The molecule has 0 aromatic carbocycles. The van der Waals surface area contributed by atoms with E-state index in [1.165, 1.54) is 6.42 Å². The second-order valence-electron chi connectivity index (χ2n) is 5.75. The Morgan fingerprint density at radius 3 is 2.76 bits per heavy atom. The van der Waals surface area contributed by atoms with Gasteiger partial charge in [0.25, 0.3) is 0 Å². The largest absolute Gasteiger partial charge is 0.388 e. The molecular weight excluding hydrogens is 290 g/mol. The second-order valence-corrected chi connectivity index (χ2v) is 6.19. The molecule has 0 atom stereocenters. The third-order valence-electron chi connectivity index (χ3n) is 3.88. The molecular formula is C15H22ClN3O2. The fourth-order valence-corrected chi connectivity index (χ4v) is 2.71. The molecule has 116 valence electrons. The normalized spacial score (nSPS) is 17.3. The molecule has 1 aromatic rings. The van der Waals surface area contributed by atoms with Gasteiger partial charge in [-0.05, 0) is 25.0 Å². The van der Waals surface area contributed by atoms with Crippen molar-refractivity contribution in [3.63, 3.8) is 0 Å². The summed E-state index contributed by atoms with van der Waals surface area (Å²) in [6.07, 6.45) is 6.31. The van der Waals surface area contributed by atoms with E-state index in [-0.39, 0.29) is 12.5 Å². The number of amides is 1. The Hall–Kier alpha value is -1.33. The molecule has 21 heavy (non-hydrogen) atoms. The Bertz CT molecular complexity index is 472. The number of likely N-dealkylation sites (N-methyl/N-ethyl adjacent to an activating group) is 1. The van der Waals surface area contributed by atoms with E-state index in [2.05, 4.69) is 10.3 Å². The number of rotatable bonds is 5. The van der Waals surface area contributed by atoms with Gasteiger partial charge in [0.2, 0.25) is 5.91 Å². The summed E-state index contributed by atoms with van der Waals surface area (Å²) in [6.45, 7) is 0.526. The van der Waals surface area contributed by atoms with Crippen LogP contribution >= 0.6 is 11.6 Å². The fraction of sp³-hybridized carbons (Fsp3) is 0.600. The number of hydrogen-bond acceptors (Lipinski definition) is 4. The van der Waals surface area contributed by atoms with Crippen molar-refractivity contribution in [2.75, 3.05) is 25.0 Å². The molecule has 1 aromatic heterocycles. The first-order valence-corrected chi connectivity index (χ1v) is 7.68. The van der Waals surface area contributed by atoms with Crippen LogP contribution < -0.4 is 10.2 Å². The number of carbonyl (C=O) groups excluding carboxylic acids is 1. The van der Waals surface area contributed by atoms with E-state index < -0.39 is 5.60 Å². The monoisotopic (exact) mass is 311 g/mol. The van der Waals surface area contributed by atoms with Crippen LogP contribution in [0.5, 0.6) is 0 Å². The minimum absolute atomic E-state index is 0.117. The Labute approximate surface area is 130 Å². The van der Waals surface area contributed by atoms with Crippen LogP contribution in [-0.2, 0) is 4.79 Å². The van der Waals surface area contributed by atoms with Crippen molar-refractivity contribution < 1.29 is 9.90 Å². The maximum absolute atomic E-state index is 12.0. The first-order chi connectivity index (χ1) is 9.98. The van der Waals surface area contributed by atoms with Crippen LogP contribution in [0.3, 0.4) is 0 Å². The van der Waals surface area contributed by atoms with Gasteiger partial charge in [-0.25, -0.2) is 4.98 Å². The predicted molar refractivity (Wildman–Crippen MR) is 83.6 cm³/mol. The van der Waals surface area contributed by atoms with E-state index in [1.807, 2.05) is 0 Å². The van der Waals surface area contributed by atoms with Gasteiger partial charge in [0, 0.05) is 19.8 Å². The summed E-state index contributed by atoms with van der Waals surface area (Å²) in [5, 5.41) is 13.7. The van der Waals surface area contributed by atoms with E-state index in [0.717, 1.165) is 25.7 Å². The molecule has 0 radical (unpaired) electrons. The Morgan fingerprint density at radius 1 is 1.43 bits per heavy atom. The first-order valence-electron chi connectivity index (χ1n) is 7.30. The molecule has 0 saturated heterocycles. The van der Waals surface area contributed by atoms with Crippen LogP contribution in [-0.4, -0.2) is 41.7 Å². The van der Waals surface area contributed by atoms with Crippen molar-refractivity contribution in [1.29, 1.82) is 0 Å². The SMILES string of the molecule is CN(CC(=O)NCC1(O)CCCCC1)c1ccc(Cl)cn1. The zero-order valence-electron chi connectivity index (χ0n) is 12.3. The molecule has 1 saturated carbocycles. The van der Waals surface area contributed by atoms with E-state index in [4.69, 9.17) is 11.6 Å². The molecule has 0 unspecified atom stereocenters. The Kier molecular flexibility index (Phi) is 5.42. The summed E-state index contributed by atoms with van der Waals surface area (Å²) in [6, 6.07) is 3.51. The van der Waals surface area contributed by atoms with E-state index in [9.17, 15) is 9.90 Å². The lowest BCUT2D eigenvalue weighted by molar-refractivity contribution is -0.121. The van der Waals surface area contributed by atoms with Gasteiger partial charge < -0.3 is 15.3 Å². The minimum Gasteiger partial charge on any atom is -0.388 e. The number of aliphatic hydroxyl groups is 1. The van der Waals surface area contributed by atoms with E-state index in [0.29, 0.717) is 17.4 Å². The fourth-order valence-electron chi connectivity index (χ4n) is 2.60. The number of nitrogens with zero attached hydrogens (tertiary/aromatic N) is 2. The molecule has 0 aliphatic heterocycles. The van der Waals surface area contributed by atoms with Crippen molar-refractivity contribution in [3.05, 3.63) is 23.4 Å². The molecule has 1 aliphatic carbocycles. The molecule has 1 amide bonds. The highest BCUT2D eigenvalue weighted by molar-refractivity contribution is 6.30. The molecule has 1 heterocycles. The number of anilines is 1. The third-order valence-corrected chi connectivity index (χ3v) is 4.11. The minimum atomic E-state index is -0.731. The van der Waals surface area contributed by atoms with Gasteiger partial charge in [-0.15, -0.1) is 0 Å². The molecule has 0 bridgehead atoms. The van der Waals surface area contributed by atoms with Gasteiger partial charge in [-0.2, -0.15) is 0 Å². The van der Waals surface area contributed by atoms with Crippen LogP contribution in [0.25, 0.3) is 0 Å². The highest BCUT2D eigenvalue weighted by atomic mass is 35.5. The lowest BCUT2D eigenvalue weighted by atomic mass is 9.85. The van der Waals surface area contributed by atoms with Gasteiger partial charge in [0.05, 0.1) is 17.2 Å². The van der Waals surface area contributed by atoms with E-state index in [1.54, 1.807) is 30.3 Å². The molecule has 5 nitrogen and oxygen atoms in total. The lowest BCUT2D eigenvalue weighted by Gasteiger charge is -2.32. The second kappa shape index (κ2) is 7.09. The Balaban J connectivity index is 1.79. The van der Waals surface area contributed by atoms with Gasteiger partial charge >= 0.3 is 0 Å². The first kappa shape index (κ1) is 16.0. The van der Waals surface area contributed by atoms with Crippen LogP contribution in [0.15, 0.2) is 18.3 Å². The van der Waals surface area contributed by atoms with E-state index >= 15 is 0 Å². The number of hydrogen-bond donors (Lipinski definition) is 2. The van der Waals surface area contributed by atoms with Crippen molar-refractivity contribution in [1.82, 2.24) is 10.3 Å². The maximum Gasteiger partial charge on any atom is 0.239 e. The van der Waals surface area contributed by atoms with Crippen LogP contribution in [0.1, 0.15) is 32.1 Å². The smallest absolute Gasteiger partial charge is 0.239 e. The zero-order chi connectivity index (χ0) is 15.3. The van der Waals surface area contributed by atoms with Crippen molar-refractivity contribution in [2.24, 2.45) is 0 Å². The quantitative estimate of drug-likeness (QED) is 0.872. The number of carbonyl (C=O) groups is 1. The number of nitrogens with one attached hydrogen (secondary N) is 1. The maximum atomic E-state index is 12.0. The number of pyridine rings is 1. The Morgan fingerprint density at radius 2 is 2.14 bits per heavy atom. The number of halogens is 1. The average Bonchev–Trinajstić information content (AvgIpc) is 2.47. The van der Waals surface area contributed by atoms with Crippen LogP contribution in [0.2, 0.25) is 5.02 Å². The van der Waals surface area contributed by atoms with Crippen molar-refractivity contribution in [3.8, 4) is 0 Å². The molecule has 2 N–H and O–H groups in total. The summed E-state index contributed by atoms with van der Waals surface area (Å²) < 4.78 is 0. The van der Waals surface area contributed by atoms with Crippen LogP contribution in [0, 0.1) is 0 Å². The summed E-state index contributed by atoms with van der Waals surface area (Å²) in [5.41, 5.74) is -0.731. The molecule has 1 fully saturated rings. The predicted octanol–water partition coefficient (Wildman–Crippen LogP) is 1.98. The molecule has 0 spiro atoms. The molecule has 1 aliphatic rings. The van der Waals surface area contributed by atoms with Crippen molar-refractivity contribution in [2.45, 2.75) is 37.7 Å². The summed E-state index contributed by atoms with van der Waals surface area (Å²) in [5.74, 6) is 0.569. The highest BCUT2D eigenvalue weighted by Crippen LogP contribution is 2.27. The average molecular weight is 312 g/mol. The highest BCUT2D eigenvalue weighted by Gasteiger charge is 2.29. The lowest BCUT2D eigenvalue weighted by Crippen LogP contribution is -2.46. The standard InChI is InChI=1S/C15H22ClN3O2/c1-19(13-6-5-12(16)9-17-13)10-14(20)18-11-15(21)7-3-2-4-8-15/h5-6,9,21H,2-4,7-8,10-11H2,1H3,(H,18,20). The summed E-state index contributed by atoms with van der Waals surface area (Å²) in [7, 11) is 1.80. The van der Waals surface area contributed by atoms with Gasteiger partial charge in [-0.1, -0.05) is 30.9 Å². The molecule has 2 rings (SSSR count).